The summed E-state index contributed by atoms with van der Waals surface area (Å²) in [6.07, 6.45) is 7.77. The molecular formula is C16H26N2O3. The quantitative estimate of drug-likeness (QED) is 0.748. The number of urea groups is 1. The van der Waals surface area contributed by atoms with Crippen LogP contribution in [-0.2, 0) is 4.79 Å². The van der Waals surface area contributed by atoms with E-state index in [9.17, 15) is 14.7 Å². The van der Waals surface area contributed by atoms with Crippen LogP contribution in [0.4, 0.5) is 4.79 Å². The van der Waals surface area contributed by atoms with Crippen molar-refractivity contribution in [1.82, 2.24) is 10.6 Å². The summed E-state index contributed by atoms with van der Waals surface area (Å²) in [5.74, 6) is 0.824. The number of amides is 2. The largest absolute Gasteiger partial charge is 0.480 e. The molecule has 3 N–H and O–H groups in total. The molecule has 0 aliphatic heterocycles. The Balaban J connectivity index is 1.60. The monoisotopic (exact) mass is 294 g/mol. The molecule has 0 heterocycles. The van der Waals surface area contributed by atoms with Gasteiger partial charge in [-0.25, -0.2) is 9.59 Å². The summed E-state index contributed by atoms with van der Waals surface area (Å²) in [4.78, 5) is 24.0. The number of hydrogen-bond acceptors (Lipinski definition) is 2. The summed E-state index contributed by atoms with van der Waals surface area (Å²) in [5, 5.41) is 15.4. The molecular weight excluding hydrogens is 268 g/mol. The topological polar surface area (TPSA) is 78.4 Å². The average molecular weight is 294 g/mol. The number of rotatable bonds is 3. The van der Waals surface area contributed by atoms with Crippen molar-refractivity contribution in [3.05, 3.63) is 0 Å². The first-order valence-corrected chi connectivity index (χ1v) is 8.30. The van der Waals surface area contributed by atoms with Crippen LogP contribution in [0.3, 0.4) is 0 Å². The molecule has 3 saturated carbocycles. The van der Waals surface area contributed by atoms with Crippen LogP contribution < -0.4 is 10.6 Å². The molecule has 0 aromatic carbocycles. The molecule has 0 spiro atoms. The van der Waals surface area contributed by atoms with Crippen LogP contribution in [0.1, 0.15) is 58.3 Å². The highest BCUT2D eigenvalue weighted by Gasteiger charge is 2.45. The summed E-state index contributed by atoms with van der Waals surface area (Å²) in [6, 6.07) is -0.0420. The van der Waals surface area contributed by atoms with Gasteiger partial charge in [-0.15, -0.1) is 0 Å². The standard InChI is InChI=1S/C16H26N2O3/c1-10-3-2-6-16(9-10,14(19)20)18-15(21)17-13-8-11-4-5-12(13)7-11/h10-13H,2-9H2,1H3,(H,19,20)(H2,17,18,21). The van der Waals surface area contributed by atoms with Gasteiger partial charge in [-0.05, 0) is 49.9 Å². The Morgan fingerprint density at radius 1 is 1.19 bits per heavy atom. The Morgan fingerprint density at radius 3 is 2.57 bits per heavy atom. The van der Waals surface area contributed by atoms with Crippen molar-refractivity contribution in [3.8, 4) is 0 Å². The number of hydrogen-bond donors (Lipinski definition) is 3. The minimum absolute atomic E-state index is 0.246. The third-order valence-electron chi connectivity index (χ3n) is 5.81. The molecule has 2 amide bonds. The number of carboxylic acids is 1. The lowest BCUT2D eigenvalue weighted by Crippen LogP contribution is -2.60. The SMILES string of the molecule is CC1CCCC(NC(=O)NC2CC3CCC2C3)(C(=O)O)C1. The molecule has 3 aliphatic carbocycles. The summed E-state index contributed by atoms with van der Waals surface area (Å²) in [6.45, 7) is 2.06. The molecule has 5 atom stereocenters. The third kappa shape index (κ3) is 2.87. The Bertz CT molecular complexity index is 439. The highest BCUT2D eigenvalue weighted by Crippen LogP contribution is 2.44. The fourth-order valence-electron chi connectivity index (χ4n) is 4.76. The van der Waals surface area contributed by atoms with E-state index >= 15 is 0 Å². The van der Waals surface area contributed by atoms with E-state index in [-0.39, 0.29) is 12.1 Å². The molecule has 0 saturated heterocycles. The van der Waals surface area contributed by atoms with Gasteiger partial charge in [0.15, 0.2) is 0 Å². The van der Waals surface area contributed by atoms with E-state index in [1.54, 1.807) is 0 Å². The summed E-state index contributed by atoms with van der Waals surface area (Å²) in [5.41, 5.74) is -1.07. The minimum atomic E-state index is -1.07. The molecule has 5 unspecified atom stereocenters. The number of fused-ring (bicyclic) bond motifs is 2. The summed E-state index contributed by atoms with van der Waals surface area (Å²) < 4.78 is 0. The van der Waals surface area contributed by atoms with E-state index in [2.05, 4.69) is 17.6 Å². The highest BCUT2D eigenvalue weighted by molar-refractivity contribution is 5.86. The highest BCUT2D eigenvalue weighted by atomic mass is 16.4. The third-order valence-corrected chi connectivity index (χ3v) is 5.81. The molecule has 0 aromatic rings. The Morgan fingerprint density at radius 2 is 2.00 bits per heavy atom. The van der Waals surface area contributed by atoms with Crippen molar-refractivity contribution in [1.29, 1.82) is 0 Å². The van der Waals surface area contributed by atoms with E-state index in [1.165, 1.54) is 19.3 Å². The van der Waals surface area contributed by atoms with Gasteiger partial charge in [-0.3, -0.25) is 0 Å². The van der Waals surface area contributed by atoms with Gasteiger partial charge in [0.05, 0.1) is 0 Å². The number of carbonyl (C=O) groups is 2. The van der Waals surface area contributed by atoms with Gasteiger partial charge in [-0.2, -0.15) is 0 Å². The number of aliphatic carboxylic acids is 1. The fraction of sp³-hybridized carbons (Fsp3) is 0.875. The molecule has 21 heavy (non-hydrogen) atoms. The first-order chi connectivity index (χ1) is 9.98. The number of carbonyl (C=O) groups excluding carboxylic acids is 1. The first-order valence-electron chi connectivity index (χ1n) is 8.30. The molecule has 0 aromatic heterocycles. The minimum Gasteiger partial charge on any atom is -0.480 e. The molecule has 118 valence electrons. The van der Waals surface area contributed by atoms with Gasteiger partial charge in [0.2, 0.25) is 0 Å². The molecule has 3 rings (SSSR count). The zero-order chi connectivity index (χ0) is 15.0. The van der Waals surface area contributed by atoms with Crippen LogP contribution in [0.25, 0.3) is 0 Å². The second-order valence-corrected chi connectivity index (χ2v) is 7.47. The lowest BCUT2D eigenvalue weighted by atomic mass is 9.76. The lowest BCUT2D eigenvalue weighted by molar-refractivity contribution is -0.146. The fourth-order valence-corrected chi connectivity index (χ4v) is 4.76. The normalized spacial score (nSPS) is 41.8. The zero-order valence-electron chi connectivity index (χ0n) is 12.7. The molecule has 5 nitrogen and oxygen atoms in total. The van der Waals surface area contributed by atoms with Gasteiger partial charge < -0.3 is 15.7 Å². The van der Waals surface area contributed by atoms with Crippen molar-refractivity contribution >= 4 is 12.0 Å². The van der Waals surface area contributed by atoms with Crippen molar-refractivity contribution in [3.63, 3.8) is 0 Å². The van der Waals surface area contributed by atoms with Crippen LogP contribution in [0.5, 0.6) is 0 Å². The van der Waals surface area contributed by atoms with Crippen molar-refractivity contribution in [2.75, 3.05) is 0 Å². The van der Waals surface area contributed by atoms with Gasteiger partial charge in [0.25, 0.3) is 0 Å². The summed E-state index contributed by atoms with van der Waals surface area (Å²) in [7, 11) is 0. The van der Waals surface area contributed by atoms with Crippen molar-refractivity contribution in [2.24, 2.45) is 17.8 Å². The molecule has 5 heteroatoms. The van der Waals surface area contributed by atoms with Crippen LogP contribution in [0, 0.1) is 17.8 Å². The zero-order valence-corrected chi connectivity index (χ0v) is 12.7. The van der Waals surface area contributed by atoms with Crippen LogP contribution in [0.15, 0.2) is 0 Å². The average Bonchev–Trinajstić information content (AvgIpc) is 3.00. The molecule has 2 bridgehead atoms. The summed E-state index contributed by atoms with van der Waals surface area (Å²) >= 11 is 0. The van der Waals surface area contributed by atoms with E-state index in [0.717, 1.165) is 25.2 Å². The molecule has 0 radical (unpaired) electrons. The lowest BCUT2D eigenvalue weighted by Gasteiger charge is -2.37. The maximum Gasteiger partial charge on any atom is 0.329 e. The van der Waals surface area contributed by atoms with Gasteiger partial charge in [0.1, 0.15) is 5.54 Å². The maximum absolute atomic E-state index is 12.3. The number of nitrogens with one attached hydrogen (secondary N) is 2. The van der Waals surface area contributed by atoms with Crippen LogP contribution in [0.2, 0.25) is 0 Å². The van der Waals surface area contributed by atoms with Gasteiger partial charge in [-0.1, -0.05) is 26.2 Å². The smallest absolute Gasteiger partial charge is 0.329 e. The van der Waals surface area contributed by atoms with Crippen molar-refractivity contribution in [2.45, 2.75) is 69.9 Å². The molecule has 3 aliphatic rings. The van der Waals surface area contributed by atoms with Crippen LogP contribution >= 0.6 is 0 Å². The Labute approximate surface area is 125 Å². The predicted molar refractivity (Wildman–Crippen MR) is 78.9 cm³/mol. The molecule has 3 fully saturated rings. The van der Waals surface area contributed by atoms with E-state index in [1.807, 2.05) is 0 Å². The number of carboxylic acid groups (broad SMARTS) is 1. The van der Waals surface area contributed by atoms with Gasteiger partial charge >= 0.3 is 12.0 Å². The Hall–Kier alpha value is -1.26. The van der Waals surface area contributed by atoms with E-state index < -0.39 is 11.5 Å². The predicted octanol–water partition coefficient (Wildman–Crippen LogP) is 2.51. The second kappa shape index (κ2) is 5.50. The first kappa shape index (κ1) is 14.7. The van der Waals surface area contributed by atoms with Crippen molar-refractivity contribution < 1.29 is 14.7 Å². The van der Waals surface area contributed by atoms with Gasteiger partial charge in [0, 0.05) is 6.04 Å². The van der Waals surface area contributed by atoms with E-state index in [4.69, 9.17) is 0 Å². The van der Waals surface area contributed by atoms with E-state index in [0.29, 0.717) is 24.7 Å². The second-order valence-electron chi connectivity index (χ2n) is 7.47. The maximum atomic E-state index is 12.3. The van der Waals surface area contributed by atoms with Crippen LogP contribution in [-0.4, -0.2) is 28.7 Å². The Kier molecular flexibility index (Phi) is 3.84.